The lowest BCUT2D eigenvalue weighted by molar-refractivity contribution is 0.304. The van der Waals surface area contributed by atoms with E-state index in [-0.39, 0.29) is 0 Å². The van der Waals surface area contributed by atoms with E-state index in [4.69, 9.17) is 4.43 Å². The second-order valence-electron chi connectivity index (χ2n) is 7.08. The SMILES string of the molecule is CCCCCCCCCCO[Si](C)(C)[Si](C)(C)C. The van der Waals surface area contributed by atoms with Crippen LogP contribution in [-0.4, -0.2) is 22.0 Å². The summed E-state index contributed by atoms with van der Waals surface area (Å²) in [6.07, 6.45) is 11.1. The van der Waals surface area contributed by atoms with Gasteiger partial charge in [0.05, 0.1) is 7.59 Å². The minimum atomic E-state index is -1.35. The highest BCUT2D eigenvalue weighted by Gasteiger charge is 2.38. The van der Waals surface area contributed by atoms with Gasteiger partial charge in [-0.3, -0.25) is 0 Å². The van der Waals surface area contributed by atoms with Crippen LogP contribution in [0.15, 0.2) is 0 Å². The molecule has 0 unspecified atom stereocenters. The van der Waals surface area contributed by atoms with Crippen molar-refractivity contribution in [2.75, 3.05) is 6.61 Å². The van der Waals surface area contributed by atoms with Crippen molar-refractivity contribution < 1.29 is 4.43 Å². The molecule has 0 aromatic rings. The Morgan fingerprint density at radius 2 is 1.11 bits per heavy atom. The van der Waals surface area contributed by atoms with Crippen LogP contribution in [0.5, 0.6) is 0 Å². The second kappa shape index (κ2) is 9.32. The maximum atomic E-state index is 6.24. The van der Waals surface area contributed by atoms with Crippen LogP contribution in [0.25, 0.3) is 0 Å². The van der Waals surface area contributed by atoms with Gasteiger partial charge in [-0.15, -0.1) is 0 Å². The van der Waals surface area contributed by atoms with Crippen LogP contribution in [0.2, 0.25) is 32.7 Å². The third-order valence-corrected chi connectivity index (χ3v) is 20.1. The molecule has 0 atom stereocenters. The van der Waals surface area contributed by atoms with Gasteiger partial charge in [0.15, 0.2) is 7.83 Å². The molecule has 0 saturated carbocycles. The van der Waals surface area contributed by atoms with Crippen molar-refractivity contribution in [3.8, 4) is 0 Å². The molecule has 3 heteroatoms. The molecule has 0 radical (unpaired) electrons. The number of rotatable bonds is 11. The number of unbranched alkanes of at least 4 members (excludes halogenated alkanes) is 7. The zero-order chi connectivity index (χ0) is 14.1. The molecule has 0 bridgehead atoms. The minimum Gasteiger partial charge on any atom is -0.420 e. The Kier molecular flexibility index (Phi) is 9.53. The molecule has 0 heterocycles. The summed E-state index contributed by atoms with van der Waals surface area (Å²) in [7, 11) is -2.41. The van der Waals surface area contributed by atoms with Crippen LogP contribution < -0.4 is 0 Å². The maximum Gasteiger partial charge on any atom is 0.173 e. The van der Waals surface area contributed by atoms with Crippen molar-refractivity contribution in [3.63, 3.8) is 0 Å². The first-order valence-electron chi connectivity index (χ1n) is 7.95. The van der Waals surface area contributed by atoms with Gasteiger partial charge in [-0.2, -0.15) is 0 Å². The molecule has 1 nitrogen and oxygen atoms in total. The van der Waals surface area contributed by atoms with Gasteiger partial charge < -0.3 is 4.43 Å². The fourth-order valence-corrected chi connectivity index (χ4v) is 4.47. The van der Waals surface area contributed by atoms with E-state index in [0.717, 1.165) is 6.61 Å². The Morgan fingerprint density at radius 1 is 0.667 bits per heavy atom. The lowest BCUT2D eigenvalue weighted by Crippen LogP contribution is -2.54. The summed E-state index contributed by atoms with van der Waals surface area (Å²) in [5, 5.41) is 0. The molecule has 0 fully saturated rings. The summed E-state index contributed by atoms with van der Waals surface area (Å²) < 4.78 is 6.24. The van der Waals surface area contributed by atoms with Gasteiger partial charge in [-0.25, -0.2) is 0 Å². The molecular weight excluding hydrogens is 252 g/mol. The Bertz CT molecular complexity index is 197. The lowest BCUT2D eigenvalue weighted by Gasteiger charge is -2.34. The molecule has 0 aliphatic heterocycles. The van der Waals surface area contributed by atoms with E-state index in [1.807, 2.05) is 0 Å². The zero-order valence-electron chi connectivity index (χ0n) is 13.8. The molecule has 0 aliphatic carbocycles. The smallest absolute Gasteiger partial charge is 0.173 e. The predicted molar refractivity (Wildman–Crippen MR) is 89.4 cm³/mol. The summed E-state index contributed by atoms with van der Waals surface area (Å²) >= 11 is 0. The molecule has 0 spiro atoms. The Balaban J connectivity index is 3.41. The summed E-state index contributed by atoms with van der Waals surface area (Å²) in [6.45, 7) is 15.5. The molecular formula is C15H36OSi2. The number of hydrogen-bond donors (Lipinski definition) is 0. The van der Waals surface area contributed by atoms with Gasteiger partial charge in [-0.1, -0.05) is 71.5 Å². The molecule has 110 valence electrons. The third-order valence-electron chi connectivity index (χ3n) is 4.27. The van der Waals surface area contributed by atoms with Crippen molar-refractivity contribution >= 4 is 15.4 Å². The van der Waals surface area contributed by atoms with E-state index >= 15 is 0 Å². The molecule has 0 aliphatic rings. The molecule has 0 rings (SSSR count). The topological polar surface area (TPSA) is 9.23 Å². The first-order chi connectivity index (χ1) is 8.31. The molecule has 0 amide bonds. The monoisotopic (exact) mass is 288 g/mol. The van der Waals surface area contributed by atoms with E-state index in [1.165, 1.54) is 51.4 Å². The fourth-order valence-electron chi connectivity index (χ4n) is 1.78. The minimum absolute atomic E-state index is 1.01. The van der Waals surface area contributed by atoms with E-state index in [9.17, 15) is 0 Å². The summed E-state index contributed by atoms with van der Waals surface area (Å²) in [6, 6.07) is 0. The van der Waals surface area contributed by atoms with Gasteiger partial charge >= 0.3 is 0 Å². The average Bonchev–Trinajstić information content (AvgIpc) is 2.25. The number of hydrogen-bond acceptors (Lipinski definition) is 1. The van der Waals surface area contributed by atoms with Crippen molar-refractivity contribution in [2.24, 2.45) is 0 Å². The van der Waals surface area contributed by atoms with Crippen LogP contribution in [-0.2, 0) is 4.43 Å². The van der Waals surface area contributed by atoms with Crippen molar-refractivity contribution in [1.82, 2.24) is 0 Å². The molecule has 0 saturated heterocycles. The predicted octanol–water partition coefficient (Wildman–Crippen LogP) is 5.77. The highest BCUT2D eigenvalue weighted by Crippen LogP contribution is 2.20. The normalized spacial score (nSPS) is 13.0. The highest BCUT2D eigenvalue weighted by atomic mass is 29.3. The van der Waals surface area contributed by atoms with Crippen molar-refractivity contribution in [3.05, 3.63) is 0 Å². The summed E-state index contributed by atoms with van der Waals surface area (Å²) in [5.74, 6) is 0. The van der Waals surface area contributed by atoms with Gasteiger partial charge in [-0.05, 0) is 19.5 Å². The third kappa shape index (κ3) is 8.49. The fraction of sp³-hybridized carbons (Fsp3) is 1.00. The zero-order valence-corrected chi connectivity index (χ0v) is 15.8. The van der Waals surface area contributed by atoms with E-state index < -0.39 is 15.4 Å². The van der Waals surface area contributed by atoms with Gasteiger partial charge in [0.1, 0.15) is 0 Å². The van der Waals surface area contributed by atoms with Crippen LogP contribution >= 0.6 is 0 Å². The average molecular weight is 289 g/mol. The molecule has 0 aromatic heterocycles. The largest absolute Gasteiger partial charge is 0.420 e. The quantitative estimate of drug-likeness (QED) is 0.346. The molecule has 0 aromatic carbocycles. The van der Waals surface area contributed by atoms with Crippen molar-refractivity contribution in [2.45, 2.75) is 91.0 Å². The van der Waals surface area contributed by atoms with E-state index in [0.29, 0.717) is 0 Å². The first kappa shape index (κ1) is 18.4. The first-order valence-corrected chi connectivity index (χ1v) is 15.4. The lowest BCUT2D eigenvalue weighted by atomic mass is 10.1. The maximum absolute atomic E-state index is 6.24. The molecule has 0 N–H and O–H groups in total. The molecule has 18 heavy (non-hydrogen) atoms. The summed E-state index contributed by atoms with van der Waals surface area (Å²) in [4.78, 5) is 0. The second-order valence-corrected chi connectivity index (χ2v) is 23.0. The Hall–Kier alpha value is 0.394. The van der Waals surface area contributed by atoms with Gasteiger partial charge in [0.25, 0.3) is 0 Å². The van der Waals surface area contributed by atoms with Gasteiger partial charge in [0.2, 0.25) is 0 Å². The van der Waals surface area contributed by atoms with Gasteiger partial charge in [0, 0.05) is 6.61 Å². The van der Waals surface area contributed by atoms with Crippen LogP contribution in [0, 0.1) is 0 Å². The highest BCUT2D eigenvalue weighted by molar-refractivity contribution is 7.37. The van der Waals surface area contributed by atoms with E-state index in [2.05, 4.69) is 39.7 Å². The van der Waals surface area contributed by atoms with E-state index in [1.54, 1.807) is 0 Å². The Morgan fingerprint density at radius 3 is 1.56 bits per heavy atom. The summed E-state index contributed by atoms with van der Waals surface area (Å²) in [5.41, 5.74) is 0. The standard InChI is InChI=1S/C15H36OSi2/c1-7-8-9-10-11-12-13-14-15-16-18(5,6)17(2,3)4/h7-15H2,1-6H3. The van der Waals surface area contributed by atoms with Crippen molar-refractivity contribution in [1.29, 1.82) is 0 Å². The van der Waals surface area contributed by atoms with Crippen LogP contribution in [0.1, 0.15) is 58.3 Å². The van der Waals surface area contributed by atoms with Crippen LogP contribution in [0.3, 0.4) is 0 Å². The Labute approximate surface area is 118 Å². The van der Waals surface area contributed by atoms with Crippen LogP contribution in [0.4, 0.5) is 0 Å².